The van der Waals surface area contributed by atoms with E-state index < -0.39 is 28.5 Å². The molecule has 0 aromatic heterocycles. The predicted octanol–water partition coefficient (Wildman–Crippen LogP) is 7.56. The molecule has 0 spiro atoms. The van der Waals surface area contributed by atoms with Crippen LogP contribution in [-0.4, -0.2) is 44.3 Å². The molecule has 1 N–H and O–H groups in total. The van der Waals surface area contributed by atoms with E-state index in [-0.39, 0.29) is 35.4 Å². The fourth-order valence-corrected chi connectivity index (χ4v) is 6.65. The molecule has 0 aliphatic carbocycles. The number of carbonyl (C=O) groups excluding carboxylic acids is 2. The zero-order valence-electron chi connectivity index (χ0n) is 25.8. The first-order valence-electron chi connectivity index (χ1n) is 14.7. The quantitative estimate of drug-likeness (QED) is 0.156. The molecule has 7 nitrogen and oxygen atoms in total. The van der Waals surface area contributed by atoms with Gasteiger partial charge >= 0.3 is 0 Å². The number of sulfonamides is 1. The van der Waals surface area contributed by atoms with Gasteiger partial charge in [-0.05, 0) is 72.5 Å². The zero-order chi connectivity index (χ0) is 33.4. The number of benzene rings is 4. The van der Waals surface area contributed by atoms with Gasteiger partial charge in [-0.25, -0.2) is 8.42 Å². The molecule has 0 saturated carbocycles. The first-order chi connectivity index (χ1) is 21.8. The van der Waals surface area contributed by atoms with Crippen molar-refractivity contribution in [3.8, 4) is 0 Å². The van der Waals surface area contributed by atoms with Crippen LogP contribution >= 0.6 is 34.8 Å². The van der Waals surface area contributed by atoms with Crippen LogP contribution in [0.5, 0.6) is 0 Å². The number of hydrogen-bond acceptors (Lipinski definition) is 4. The molecule has 4 rings (SSSR count). The maximum absolute atomic E-state index is 14.5. The second-order valence-electron chi connectivity index (χ2n) is 11.4. The molecule has 11 heteroatoms. The molecule has 0 saturated heterocycles. The molecule has 1 atom stereocenters. The van der Waals surface area contributed by atoms with E-state index in [4.69, 9.17) is 34.8 Å². The molecule has 2 amide bonds. The Balaban J connectivity index is 1.81. The summed E-state index contributed by atoms with van der Waals surface area (Å²) in [6, 6.07) is 26.0. The third-order valence-electron chi connectivity index (χ3n) is 7.30. The standard InChI is InChI=1S/C35H36Cl3N3O4S/c1-24(2)21-39-35(43)33(20-26-7-5-4-6-8-26)40(22-27-11-18-31(37)32(38)19-27)34(42)23-41(29-14-12-28(36)13-15-29)46(44,45)30-16-9-25(3)10-17-30/h4-19,24,33H,20-23H2,1-3H3,(H,39,43). The predicted molar refractivity (Wildman–Crippen MR) is 186 cm³/mol. The van der Waals surface area contributed by atoms with E-state index in [0.29, 0.717) is 27.2 Å². The largest absolute Gasteiger partial charge is 0.354 e. The van der Waals surface area contributed by atoms with E-state index in [1.54, 1.807) is 54.6 Å². The van der Waals surface area contributed by atoms with E-state index in [0.717, 1.165) is 15.4 Å². The summed E-state index contributed by atoms with van der Waals surface area (Å²) >= 11 is 18.6. The summed E-state index contributed by atoms with van der Waals surface area (Å²) in [4.78, 5) is 29.8. The minimum absolute atomic E-state index is 0.0207. The monoisotopic (exact) mass is 699 g/mol. The number of rotatable bonds is 13. The molecule has 0 aliphatic rings. The van der Waals surface area contributed by atoms with Gasteiger partial charge < -0.3 is 10.2 Å². The van der Waals surface area contributed by atoms with Crippen molar-refractivity contribution < 1.29 is 18.0 Å². The molecule has 0 radical (unpaired) electrons. The fourth-order valence-electron chi connectivity index (χ4n) is 4.78. The van der Waals surface area contributed by atoms with Crippen molar-refractivity contribution >= 4 is 62.3 Å². The Morgan fingerprint density at radius 3 is 2.07 bits per heavy atom. The lowest BCUT2D eigenvalue weighted by molar-refractivity contribution is -0.140. The van der Waals surface area contributed by atoms with Gasteiger partial charge in [0.05, 0.1) is 20.6 Å². The topological polar surface area (TPSA) is 86.8 Å². The smallest absolute Gasteiger partial charge is 0.264 e. The molecule has 4 aromatic carbocycles. The van der Waals surface area contributed by atoms with Gasteiger partial charge in [0.15, 0.2) is 0 Å². The molecule has 46 heavy (non-hydrogen) atoms. The van der Waals surface area contributed by atoms with E-state index in [2.05, 4.69) is 5.32 Å². The Labute approximate surface area is 286 Å². The number of aryl methyl sites for hydroxylation is 1. The summed E-state index contributed by atoms with van der Waals surface area (Å²) in [5.41, 5.74) is 2.59. The first kappa shape index (κ1) is 35.3. The highest BCUT2D eigenvalue weighted by atomic mass is 35.5. The lowest BCUT2D eigenvalue weighted by Gasteiger charge is -2.34. The van der Waals surface area contributed by atoms with Crippen LogP contribution in [0.15, 0.2) is 102 Å². The number of hydrogen-bond donors (Lipinski definition) is 1. The molecule has 0 bridgehead atoms. The van der Waals surface area contributed by atoms with Crippen LogP contribution in [0, 0.1) is 12.8 Å². The van der Waals surface area contributed by atoms with Crippen molar-refractivity contribution in [2.24, 2.45) is 5.92 Å². The number of amides is 2. The number of nitrogens with zero attached hydrogens (tertiary/aromatic N) is 2. The van der Waals surface area contributed by atoms with Crippen LogP contribution in [0.2, 0.25) is 15.1 Å². The lowest BCUT2D eigenvalue weighted by Crippen LogP contribution is -2.53. The highest BCUT2D eigenvalue weighted by molar-refractivity contribution is 7.92. The Morgan fingerprint density at radius 1 is 0.804 bits per heavy atom. The van der Waals surface area contributed by atoms with Gasteiger partial charge in [0.2, 0.25) is 11.8 Å². The van der Waals surface area contributed by atoms with Crippen molar-refractivity contribution in [3.63, 3.8) is 0 Å². The maximum Gasteiger partial charge on any atom is 0.264 e. The van der Waals surface area contributed by atoms with Crippen molar-refractivity contribution in [2.75, 3.05) is 17.4 Å². The molecule has 0 heterocycles. The number of halogens is 3. The summed E-state index contributed by atoms with van der Waals surface area (Å²) < 4.78 is 29.3. The van der Waals surface area contributed by atoms with Crippen molar-refractivity contribution in [1.82, 2.24) is 10.2 Å². The molecule has 242 valence electrons. The summed E-state index contributed by atoms with van der Waals surface area (Å²) in [5.74, 6) is -0.775. The normalized spacial score (nSPS) is 12.1. The van der Waals surface area contributed by atoms with E-state index in [1.807, 2.05) is 51.1 Å². The number of anilines is 1. The third kappa shape index (κ3) is 9.26. The summed E-state index contributed by atoms with van der Waals surface area (Å²) in [5, 5.41) is 4.02. The van der Waals surface area contributed by atoms with Crippen LogP contribution < -0.4 is 9.62 Å². The Bertz CT molecular complexity index is 1750. The average molecular weight is 701 g/mol. The highest BCUT2D eigenvalue weighted by Gasteiger charge is 2.34. The molecule has 4 aromatic rings. The zero-order valence-corrected chi connectivity index (χ0v) is 28.9. The number of carbonyl (C=O) groups is 2. The Kier molecular flexibility index (Phi) is 12.1. The Morgan fingerprint density at radius 2 is 1.46 bits per heavy atom. The second kappa shape index (κ2) is 15.8. The lowest BCUT2D eigenvalue weighted by atomic mass is 10.0. The van der Waals surface area contributed by atoms with Crippen molar-refractivity contribution in [1.29, 1.82) is 0 Å². The van der Waals surface area contributed by atoms with Gasteiger partial charge in [0.25, 0.3) is 10.0 Å². The first-order valence-corrected chi connectivity index (χ1v) is 17.3. The van der Waals surface area contributed by atoms with E-state index >= 15 is 0 Å². The molecular weight excluding hydrogens is 665 g/mol. The minimum Gasteiger partial charge on any atom is -0.354 e. The van der Waals surface area contributed by atoms with E-state index in [1.165, 1.54) is 17.0 Å². The van der Waals surface area contributed by atoms with Crippen LogP contribution in [0.3, 0.4) is 0 Å². The van der Waals surface area contributed by atoms with E-state index in [9.17, 15) is 18.0 Å². The second-order valence-corrected chi connectivity index (χ2v) is 14.5. The average Bonchev–Trinajstić information content (AvgIpc) is 3.03. The molecular formula is C35H36Cl3N3O4S. The van der Waals surface area contributed by atoms with Crippen LogP contribution in [-0.2, 0) is 32.6 Å². The highest BCUT2D eigenvalue weighted by Crippen LogP contribution is 2.28. The van der Waals surface area contributed by atoms with Gasteiger partial charge in [-0.3, -0.25) is 13.9 Å². The summed E-state index contributed by atoms with van der Waals surface area (Å²) in [6.45, 7) is 5.60. The minimum atomic E-state index is -4.22. The number of nitrogens with one attached hydrogen (secondary N) is 1. The molecule has 0 fully saturated rings. The summed E-state index contributed by atoms with van der Waals surface area (Å²) in [6.07, 6.45) is 0.198. The fraction of sp³-hybridized carbons (Fsp3) is 0.257. The van der Waals surface area contributed by atoms with Crippen molar-refractivity contribution in [3.05, 3.63) is 129 Å². The van der Waals surface area contributed by atoms with Crippen LogP contribution in [0.4, 0.5) is 5.69 Å². The molecule has 0 aliphatic heterocycles. The van der Waals surface area contributed by atoms with Gasteiger partial charge in [-0.1, -0.05) is 103 Å². The van der Waals surface area contributed by atoms with Crippen LogP contribution in [0.1, 0.15) is 30.5 Å². The van der Waals surface area contributed by atoms with Gasteiger partial charge in [0.1, 0.15) is 12.6 Å². The Hall–Kier alpha value is -3.56. The van der Waals surface area contributed by atoms with Crippen molar-refractivity contribution in [2.45, 2.75) is 44.7 Å². The third-order valence-corrected chi connectivity index (χ3v) is 10.1. The van der Waals surface area contributed by atoms with Gasteiger partial charge in [-0.15, -0.1) is 0 Å². The van der Waals surface area contributed by atoms with Gasteiger partial charge in [0, 0.05) is 24.5 Å². The molecule has 1 unspecified atom stereocenters. The summed E-state index contributed by atoms with van der Waals surface area (Å²) in [7, 11) is -4.22. The SMILES string of the molecule is Cc1ccc(S(=O)(=O)N(CC(=O)N(Cc2ccc(Cl)c(Cl)c2)C(Cc2ccccc2)C(=O)NCC(C)C)c2ccc(Cl)cc2)cc1. The maximum atomic E-state index is 14.5. The van der Waals surface area contributed by atoms with Crippen LogP contribution in [0.25, 0.3) is 0 Å². The van der Waals surface area contributed by atoms with Gasteiger partial charge in [-0.2, -0.15) is 0 Å².